The molecule has 0 bridgehead atoms. The third-order valence-corrected chi connectivity index (χ3v) is 8.46. The van der Waals surface area contributed by atoms with Crippen molar-refractivity contribution in [3.8, 4) is 16.9 Å². The molecule has 45 heavy (non-hydrogen) atoms. The van der Waals surface area contributed by atoms with Gasteiger partial charge in [0.1, 0.15) is 21.8 Å². The molecule has 1 aliphatic rings. The Morgan fingerprint density at radius 2 is 1.78 bits per heavy atom. The fraction of sp³-hybridized carbons (Fsp3) is 0.424. The molecular formula is C33H37BrClFN6O3. The molecule has 2 atom stereocenters. The van der Waals surface area contributed by atoms with Crippen molar-refractivity contribution in [3.05, 3.63) is 73.6 Å². The van der Waals surface area contributed by atoms with Gasteiger partial charge in [0.05, 0.1) is 27.5 Å². The van der Waals surface area contributed by atoms with Gasteiger partial charge in [0.25, 0.3) is 0 Å². The molecule has 0 spiro atoms. The molecule has 4 aromatic rings. The Labute approximate surface area is 275 Å². The van der Waals surface area contributed by atoms with E-state index in [-0.39, 0.29) is 39.9 Å². The van der Waals surface area contributed by atoms with Gasteiger partial charge in [0.2, 0.25) is 0 Å². The van der Waals surface area contributed by atoms with Crippen molar-refractivity contribution >= 4 is 50.5 Å². The third-order valence-electron chi connectivity index (χ3n) is 7.77. The van der Waals surface area contributed by atoms with E-state index in [1.807, 2.05) is 66.4 Å². The smallest absolute Gasteiger partial charge is 0.410 e. The van der Waals surface area contributed by atoms with Crippen molar-refractivity contribution < 1.29 is 13.9 Å². The molecule has 0 N–H and O–H groups in total. The van der Waals surface area contributed by atoms with Gasteiger partial charge in [0.15, 0.2) is 5.65 Å². The number of halogens is 3. The van der Waals surface area contributed by atoms with E-state index >= 15 is 4.39 Å². The van der Waals surface area contributed by atoms with Gasteiger partial charge in [-0.05, 0) is 93.2 Å². The summed E-state index contributed by atoms with van der Waals surface area (Å²) >= 11 is 10.3. The number of aryl methyl sites for hydroxylation is 1. The van der Waals surface area contributed by atoms with Crippen molar-refractivity contribution in [1.82, 2.24) is 24.4 Å². The van der Waals surface area contributed by atoms with Crippen LogP contribution in [0.2, 0.25) is 5.02 Å². The van der Waals surface area contributed by atoms with Crippen molar-refractivity contribution in [1.29, 1.82) is 0 Å². The number of ether oxygens (including phenoxy) is 1. The van der Waals surface area contributed by atoms with Crippen molar-refractivity contribution in [3.63, 3.8) is 0 Å². The molecule has 0 radical (unpaired) electrons. The van der Waals surface area contributed by atoms with Gasteiger partial charge in [-0.3, -0.25) is 0 Å². The van der Waals surface area contributed by atoms with Gasteiger partial charge in [-0.2, -0.15) is 4.98 Å². The van der Waals surface area contributed by atoms with Crippen LogP contribution in [-0.2, 0) is 4.74 Å². The number of rotatable bonds is 4. The number of carbonyl (C=O) groups is 1. The van der Waals surface area contributed by atoms with Gasteiger partial charge in [-0.15, -0.1) is 0 Å². The predicted molar refractivity (Wildman–Crippen MR) is 179 cm³/mol. The summed E-state index contributed by atoms with van der Waals surface area (Å²) in [7, 11) is 0. The molecule has 1 fully saturated rings. The Kier molecular flexibility index (Phi) is 8.98. The summed E-state index contributed by atoms with van der Waals surface area (Å²) in [4.78, 5) is 45.1. The molecule has 238 valence electrons. The Bertz CT molecular complexity index is 1860. The molecular weight excluding hydrogens is 663 g/mol. The van der Waals surface area contributed by atoms with E-state index in [9.17, 15) is 9.59 Å². The molecule has 9 nitrogen and oxygen atoms in total. The molecule has 3 aromatic heterocycles. The van der Waals surface area contributed by atoms with Crippen LogP contribution >= 0.6 is 27.5 Å². The first kappa shape index (κ1) is 32.8. The number of benzene rings is 1. The van der Waals surface area contributed by atoms with Crippen molar-refractivity contribution in [2.45, 2.75) is 79.0 Å². The van der Waals surface area contributed by atoms with E-state index in [1.165, 1.54) is 10.6 Å². The number of nitrogens with zero attached hydrogens (tertiary/aromatic N) is 6. The lowest BCUT2D eigenvalue weighted by Gasteiger charge is -2.44. The van der Waals surface area contributed by atoms with Gasteiger partial charge in [-0.25, -0.2) is 28.5 Å². The first-order valence-electron chi connectivity index (χ1n) is 14.9. The summed E-state index contributed by atoms with van der Waals surface area (Å²) in [6, 6.07) is 9.30. The zero-order valence-electron chi connectivity index (χ0n) is 26.7. The highest BCUT2D eigenvalue weighted by Gasteiger charge is 2.36. The van der Waals surface area contributed by atoms with Crippen LogP contribution in [0.1, 0.15) is 65.6 Å². The number of carbonyl (C=O) groups excluding carboxylic acids is 1. The minimum absolute atomic E-state index is 0.0435. The molecule has 4 heterocycles. The molecule has 0 aliphatic carbocycles. The van der Waals surface area contributed by atoms with E-state index < -0.39 is 23.2 Å². The molecule has 1 aromatic carbocycles. The van der Waals surface area contributed by atoms with Crippen LogP contribution in [0.4, 0.5) is 15.0 Å². The van der Waals surface area contributed by atoms with Crippen LogP contribution in [0.5, 0.6) is 0 Å². The van der Waals surface area contributed by atoms with E-state index in [4.69, 9.17) is 26.3 Å². The normalized spacial score (nSPS) is 17.3. The number of hydrogen-bond donors (Lipinski definition) is 0. The maximum atomic E-state index is 15.1. The van der Waals surface area contributed by atoms with Gasteiger partial charge in [-0.1, -0.05) is 37.6 Å². The number of aromatic nitrogens is 4. The molecule has 1 aliphatic heterocycles. The number of fused-ring (bicyclic) bond motifs is 1. The lowest BCUT2D eigenvalue weighted by atomic mass is 10.0. The summed E-state index contributed by atoms with van der Waals surface area (Å²) in [6.45, 7) is 16.0. The van der Waals surface area contributed by atoms with E-state index in [2.05, 4.69) is 20.9 Å². The topological polar surface area (TPSA) is 93.5 Å². The SMILES string of the molecule is Cc1cc(Br)nc(C(C)C)c1-n1c(=O)nc(N2C[C@@H](C)N(C(=O)OC(C)(C)C)C[C@@H]2C)c2cc(Cl)c(-c3ccccc3F)nc21. The second kappa shape index (κ2) is 12.3. The number of hydrogen-bond acceptors (Lipinski definition) is 7. The highest BCUT2D eigenvalue weighted by molar-refractivity contribution is 9.10. The lowest BCUT2D eigenvalue weighted by Crippen LogP contribution is -2.59. The van der Waals surface area contributed by atoms with Crippen LogP contribution < -0.4 is 10.6 Å². The van der Waals surface area contributed by atoms with Crippen molar-refractivity contribution in [2.75, 3.05) is 18.0 Å². The molecule has 5 rings (SSSR count). The Morgan fingerprint density at radius 3 is 2.42 bits per heavy atom. The van der Waals surface area contributed by atoms with Crippen LogP contribution in [0, 0.1) is 12.7 Å². The van der Waals surface area contributed by atoms with Crippen LogP contribution in [0.15, 0.2) is 45.8 Å². The number of piperazine rings is 1. The summed E-state index contributed by atoms with van der Waals surface area (Å²) < 4.78 is 22.8. The van der Waals surface area contributed by atoms with Crippen LogP contribution in [0.25, 0.3) is 28.0 Å². The zero-order chi connectivity index (χ0) is 33.0. The van der Waals surface area contributed by atoms with E-state index in [0.717, 1.165) is 5.56 Å². The molecule has 1 saturated heterocycles. The number of pyridine rings is 2. The highest BCUT2D eigenvalue weighted by Crippen LogP contribution is 2.37. The predicted octanol–water partition coefficient (Wildman–Crippen LogP) is 7.66. The lowest BCUT2D eigenvalue weighted by molar-refractivity contribution is 0.0130. The molecule has 0 unspecified atom stereocenters. The minimum Gasteiger partial charge on any atom is -0.444 e. The molecule has 12 heteroatoms. The maximum Gasteiger partial charge on any atom is 0.410 e. The fourth-order valence-corrected chi connectivity index (χ4v) is 6.50. The third kappa shape index (κ3) is 6.42. The molecule has 1 amide bonds. The second-order valence-electron chi connectivity index (χ2n) is 12.9. The minimum atomic E-state index is -0.632. The average Bonchev–Trinajstić information content (AvgIpc) is 2.93. The largest absolute Gasteiger partial charge is 0.444 e. The Morgan fingerprint density at radius 1 is 1.09 bits per heavy atom. The Hall–Kier alpha value is -3.57. The van der Waals surface area contributed by atoms with Crippen LogP contribution in [-0.4, -0.2) is 61.3 Å². The van der Waals surface area contributed by atoms with Crippen LogP contribution in [0.3, 0.4) is 0 Å². The summed E-state index contributed by atoms with van der Waals surface area (Å²) in [5.74, 6) is -0.143. The maximum absolute atomic E-state index is 15.1. The van der Waals surface area contributed by atoms with Gasteiger partial charge < -0.3 is 14.5 Å². The number of anilines is 1. The second-order valence-corrected chi connectivity index (χ2v) is 14.1. The standard InChI is InChI=1S/C33H37BrClFN6O3/c1-17(2)26-28(18(3)13-25(34)37-26)42-30-22(14-23(35)27(38-30)21-11-9-10-12-24(21)36)29(39-31(42)43)40-15-20(5)41(16-19(40)4)32(44)45-33(6,7)8/h9-14,17,19-20H,15-16H2,1-8H3/t19-,20+/m0/s1. The quantitative estimate of drug-likeness (QED) is 0.202. The van der Waals surface area contributed by atoms with E-state index in [1.54, 1.807) is 29.2 Å². The van der Waals surface area contributed by atoms with Crippen molar-refractivity contribution in [2.24, 2.45) is 0 Å². The molecule has 0 saturated carbocycles. The highest BCUT2D eigenvalue weighted by atomic mass is 79.9. The monoisotopic (exact) mass is 698 g/mol. The Balaban J connectivity index is 1.76. The van der Waals surface area contributed by atoms with Gasteiger partial charge >= 0.3 is 11.8 Å². The zero-order valence-corrected chi connectivity index (χ0v) is 29.0. The number of amides is 1. The first-order chi connectivity index (χ1) is 21.1. The van der Waals surface area contributed by atoms with Gasteiger partial charge in [0, 0.05) is 30.7 Å². The van der Waals surface area contributed by atoms with E-state index in [0.29, 0.717) is 40.3 Å². The summed E-state index contributed by atoms with van der Waals surface area (Å²) in [6.07, 6.45) is -0.395. The first-order valence-corrected chi connectivity index (χ1v) is 16.1. The average molecular weight is 700 g/mol. The summed E-state index contributed by atoms with van der Waals surface area (Å²) in [5.41, 5.74) is 1.53. The summed E-state index contributed by atoms with van der Waals surface area (Å²) in [5, 5.41) is 0.727. The fourth-order valence-electron chi connectivity index (χ4n) is 5.71.